The van der Waals surface area contributed by atoms with Gasteiger partial charge in [0.1, 0.15) is 11.8 Å². The normalized spacial score (nSPS) is 33.5. The molecule has 6 atom stereocenters. The number of nitrogens with zero attached hydrogens (tertiary/aromatic N) is 4. The molecule has 1 spiro atoms. The molecule has 6 N–H and O–H groups in total. The number of nitrogens with two attached hydrogens (primary N) is 1. The average Bonchev–Trinajstić information content (AvgIpc) is 3.36. The summed E-state index contributed by atoms with van der Waals surface area (Å²) < 4.78 is 55.7. The average molecular weight is 504 g/mol. The first-order chi connectivity index (χ1) is 14.3. The van der Waals surface area contributed by atoms with E-state index in [0.717, 1.165) is 0 Å². The van der Waals surface area contributed by atoms with Crippen LogP contribution in [0, 0.1) is 0 Å². The number of rotatable bonds is 8. The number of ether oxygens (including phenoxy) is 1. The van der Waals surface area contributed by atoms with Crippen LogP contribution < -0.4 is 5.73 Å². The van der Waals surface area contributed by atoms with E-state index in [1.165, 1.54) is 12.7 Å². The van der Waals surface area contributed by atoms with Gasteiger partial charge >= 0.3 is 35.4 Å². The lowest BCUT2D eigenvalue weighted by atomic mass is 10.2. The molecule has 0 aliphatic carbocycles. The highest BCUT2D eigenvalue weighted by Crippen LogP contribution is 2.75. The van der Waals surface area contributed by atoms with Crippen molar-refractivity contribution >= 4 is 40.4 Å². The van der Waals surface area contributed by atoms with Gasteiger partial charge in [-0.25, -0.2) is 28.6 Å². The molecular weight excluding hydrogens is 491 g/mol. The Labute approximate surface area is 170 Å². The summed E-state index contributed by atoms with van der Waals surface area (Å²) in [4.78, 5) is 53.2. The lowest BCUT2D eigenvalue weighted by Gasteiger charge is -2.17. The molecule has 2 aromatic rings. The Morgan fingerprint density at radius 2 is 1.90 bits per heavy atom. The zero-order valence-corrected chi connectivity index (χ0v) is 17.4. The molecule has 5 rings (SSSR count). The van der Waals surface area contributed by atoms with E-state index in [1.807, 2.05) is 0 Å². The van der Waals surface area contributed by atoms with Gasteiger partial charge in [0.25, 0.3) is 0 Å². The van der Waals surface area contributed by atoms with Crippen LogP contribution in [-0.2, 0) is 41.0 Å². The van der Waals surface area contributed by atoms with Crippen molar-refractivity contribution in [3.05, 3.63) is 12.7 Å². The van der Waals surface area contributed by atoms with Gasteiger partial charge in [-0.1, -0.05) is 0 Å². The van der Waals surface area contributed by atoms with E-state index in [4.69, 9.17) is 25.1 Å². The first kappa shape index (κ1) is 21.5. The standard InChI is InChI=1S/C10H12N5O13P3/c11-7-5-8(13-2-12-7)15(3-14-5)9-6-10(25-28(6)10)4(24-9)1-23-30(19,20)27-31(21,22)26-29(16,17)18/h2-4,6,9H,1H2,(H5-,11,12,13,16,17,18,19,20,21,22)/p+1/t4-,6+,9-,10-/m1/s1. The minimum Gasteiger partial charge on any atom is -0.382 e. The molecule has 0 bridgehead atoms. The molecule has 21 heteroatoms. The Morgan fingerprint density at radius 1 is 1.16 bits per heavy atom. The van der Waals surface area contributed by atoms with Crippen LogP contribution in [0.4, 0.5) is 5.82 Å². The topological polar surface area (TPSA) is 254 Å². The van der Waals surface area contributed by atoms with Crippen LogP contribution in [0.15, 0.2) is 12.7 Å². The molecule has 3 fully saturated rings. The maximum Gasteiger partial charge on any atom is 0.490 e. The summed E-state index contributed by atoms with van der Waals surface area (Å²) >= 11 is 0. The Bertz CT molecular complexity index is 1220. The van der Waals surface area contributed by atoms with Crippen molar-refractivity contribution in [2.75, 3.05) is 12.3 Å². The van der Waals surface area contributed by atoms with Crippen LogP contribution >= 0.6 is 23.5 Å². The van der Waals surface area contributed by atoms with Crippen molar-refractivity contribution < 1.29 is 60.6 Å². The maximum absolute atomic E-state index is 11.9. The summed E-state index contributed by atoms with van der Waals surface area (Å²) in [6.45, 7) is -0.663. The molecular formula is C10H13N5O13P3+. The fourth-order valence-corrected chi connectivity index (χ4v) is 6.35. The highest BCUT2D eigenvalue weighted by atomic mass is 31.3. The summed E-state index contributed by atoms with van der Waals surface area (Å²) in [6.07, 6.45) is 0.584. The number of phosphoric acid groups is 3. The molecule has 2 unspecified atom stereocenters. The fraction of sp³-hybridized carbons (Fsp3) is 0.500. The molecule has 3 aliphatic rings. The van der Waals surface area contributed by atoms with Gasteiger partial charge in [0.15, 0.2) is 11.5 Å². The predicted molar refractivity (Wildman–Crippen MR) is 92.2 cm³/mol. The first-order valence-electron chi connectivity index (χ1n) is 8.12. The van der Waals surface area contributed by atoms with Crippen LogP contribution in [-0.4, -0.2) is 63.7 Å². The number of epoxide rings is 1. The number of anilines is 1. The second-order valence-electron chi connectivity index (χ2n) is 6.51. The minimum atomic E-state index is -5.62. The van der Waals surface area contributed by atoms with Gasteiger partial charge in [-0.15, -0.1) is 0 Å². The SMILES string of the molecule is Nc1ncnc2c1ncn2[C@@H]1O[C@H](COP(=O)(O)OP(=O)(O)OP(=O)(O)O)[C@@]23O[O+]2[C@@H]13. The Kier molecular flexibility index (Phi) is 4.56. The molecule has 0 saturated carbocycles. The number of phosphoric ester groups is 1. The lowest BCUT2D eigenvalue weighted by Crippen LogP contribution is -2.26. The number of imidazole rings is 1. The molecule has 18 nitrogen and oxygen atoms in total. The second-order valence-corrected chi connectivity index (χ2v) is 10.9. The number of aromatic nitrogens is 4. The molecule has 0 radical (unpaired) electrons. The zero-order valence-electron chi connectivity index (χ0n) is 14.8. The van der Waals surface area contributed by atoms with Gasteiger partial charge in [0.2, 0.25) is 12.3 Å². The zero-order chi connectivity index (χ0) is 22.4. The summed E-state index contributed by atoms with van der Waals surface area (Å²) in [5.74, 6) is -0.864. The Hall–Kier alpha value is -1.36. The molecule has 3 saturated heterocycles. The summed E-state index contributed by atoms with van der Waals surface area (Å²) in [5, 5.41) is 0. The highest BCUT2D eigenvalue weighted by Gasteiger charge is 3.08. The molecule has 0 amide bonds. The van der Waals surface area contributed by atoms with Gasteiger partial charge < -0.3 is 30.0 Å². The summed E-state index contributed by atoms with van der Waals surface area (Å²) in [6, 6.07) is 0. The van der Waals surface area contributed by atoms with Crippen LogP contribution in [0.1, 0.15) is 6.23 Å². The molecule has 5 heterocycles. The first-order valence-corrected chi connectivity index (χ1v) is 12.6. The monoisotopic (exact) mass is 504 g/mol. The van der Waals surface area contributed by atoms with Crippen LogP contribution in [0.25, 0.3) is 11.2 Å². The number of nitrogen functional groups attached to an aromatic ring is 1. The van der Waals surface area contributed by atoms with E-state index >= 15 is 0 Å². The third-order valence-electron chi connectivity index (χ3n) is 4.56. The van der Waals surface area contributed by atoms with Crippen LogP contribution in [0.2, 0.25) is 0 Å². The Balaban J connectivity index is 1.28. The van der Waals surface area contributed by atoms with Gasteiger partial charge in [0.05, 0.1) is 12.9 Å². The van der Waals surface area contributed by atoms with Gasteiger partial charge in [0, 0.05) is 4.89 Å². The van der Waals surface area contributed by atoms with Crippen molar-refractivity contribution in [3.8, 4) is 0 Å². The third-order valence-corrected chi connectivity index (χ3v) is 8.36. The quantitative estimate of drug-likeness (QED) is 0.128. The highest BCUT2D eigenvalue weighted by molar-refractivity contribution is 7.66. The second kappa shape index (κ2) is 6.59. The van der Waals surface area contributed by atoms with Crippen molar-refractivity contribution in [1.82, 2.24) is 19.5 Å². The molecule has 0 aromatic carbocycles. The van der Waals surface area contributed by atoms with Crippen molar-refractivity contribution in [2.45, 2.75) is 24.2 Å². The van der Waals surface area contributed by atoms with Crippen molar-refractivity contribution in [2.24, 2.45) is 0 Å². The van der Waals surface area contributed by atoms with Gasteiger partial charge in [-0.2, -0.15) is 13.1 Å². The van der Waals surface area contributed by atoms with Crippen LogP contribution in [0.5, 0.6) is 0 Å². The van der Waals surface area contributed by atoms with Crippen molar-refractivity contribution in [3.63, 3.8) is 0 Å². The predicted octanol–water partition coefficient (Wildman–Crippen LogP) is -0.775. The van der Waals surface area contributed by atoms with E-state index in [0.29, 0.717) is 11.2 Å². The maximum atomic E-state index is 11.9. The minimum absolute atomic E-state index is 0.158. The number of hydrogen-bond acceptors (Lipinski definition) is 12. The fourth-order valence-electron chi connectivity index (χ4n) is 3.33. The van der Waals surface area contributed by atoms with E-state index in [9.17, 15) is 23.5 Å². The summed E-state index contributed by atoms with van der Waals surface area (Å²) in [5.41, 5.74) is 6.47. The van der Waals surface area contributed by atoms with Gasteiger partial charge in [-0.05, 0) is 0 Å². The number of fused-ring (bicyclic) bond motifs is 2. The van der Waals surface area contributed by atoms with E-state index < -0.39 is 48.2 Å². The van der Waals surface area contributed by atoms with Crippen LogP contribution in [0.3, 0.4) is 0 Å². The molecule has 170 valence electrons. The molecule has 2 aromatic heterocycles. The van der Waals surface area contributed by atoms with E-state index in [1.54, 1.807) is 4.57 Å². The molecule has 3 aliphatic heterocycles. The largest absolute Gasteiger partial charge is 0.490 e. The smallest absolute Gasteiger partial charge is 0.382 e. The molecule has 31 heavy (non-hydrogen) atoms. The van der Waals surface area contributed by atoms with Crippen molar-refractivity contribution in [1.29, 1.82) is 0 Å². The van der Waals surface area contributed by atoms with E-state index in [-0.39, 0.29) is 11.9 Å². The third kappa shape index (κ3) is 3.65. The van der Waals surface area contributed by atoms with Gasteiger partial charge in [-0.3, -0.25) is 9.09 Å². The summed E-state index contributed by atoms with van der Waals surface area (Å²) in [7, 11) is -16.4. The Morgan fingerprint density at radius 3 is 2.58 bits per heavy atom. The number of hydrogen-bond donors (Lipinski definition) is 5. The lowest BCUT2D eigenvalue weighted by molar-refractivity contribution is -0.192. The van der Waals surface area contributed by atoms with E-state index in [2.05, 4.69) is 32.6 Å².